The molecule has 0 aromatic rings. The van der Waals surface area contributed by atoms with Crippen molar-refractivity contribution < 1.29 is 18.0 Å². The van der Waals surface area contributed by atoms with Gasteiger partial charge in [0.05, 0.1) is 0 Å². The topological polar surface area (TPSA) is 20.3 Å². The van der Waals surface area contributed by atoms with Gasteiger partial charge in [-0.05, 0) is 13.3 Å². The van der Waals surface area contributed by atoms with Gasteiger partial charge in [0.15, 0.2) is 0 Å². The monoisotopic (exact) mass is 179 g/mol. The summed E-state index contributed by atoms with van der Waals surface area (Å²) in [5.74, 6) is -1.77. The van der Waals surface area contributed by atoms with Crippen molar-refractivity contribution in [3.05, 3.63) is 11.8 Å². The lowest BCUT2D eigenvalue weighted by Crippen LogP contribution is -2.38. The zero-order valence-corrected chi connectivity index (χ0v) is 6.48. The quantitative estimate of drug-likeness (QED) is 0.554. The van der Waals surface area contributed by atoms with E-state index in [0.717, 1.165) is 4.90 Å². The summed E-state index contributed by atoms with van der Waals surface area (Å²) in [7, 11) is 0. The second-order valence-electron chi connectivity index (χ2n) is 2.59. The number of alkyl halides is 3. The molecule has 0 unspecified atom stereocenters. The van der Waals surface area contributed by atoms with Crippen molar-refractivity contribution in [2.45, 2.75) is 19.5 Å². The third-order valence-electron chi connectivity index (χ3n) is 1.71. The van der Waals surface area contributed by atoms with Crippen LogP contribution < -0.4 is 0 Å². The highest BCUT2D eigenvalue weighted by Crippen LogP contribution is 2.24. The summed E-state index contributed by atoms with van der Waals surface area (Å²) < 4.78 is 35.6. The van der Waals surface area contributed by atoms with E-state index in [1.807, 2.05) is 0 Å². The molecule has 0 bridgehead atoms. The van der Waals surface area contributed by atoms with Gasteiger partial charge in [0.25, 0.3) is 0 Å². The molecule has 0 fully saturated rings. The maximum Gasteiger partial charge on any atom is 0.471 e. The van der Waals surface area contributed by atoms with Gasteiger partial charge in [0, 0.05) is 12.2 Å². The summed E-state index contributed by atoms with van der Waals surface area (Å²) in [5.41, 5.74) is 0.386. The number of hydrogen-bond acceptors (Lipinski definition) is 1. The van der Waals surface area contributed by atoms with Crippen LogP contribution in [0.15, 0.2) is 11.8 Å². The van der Waals surface area contributed by atoms with Gasteiger partial charge in [-0.2, -0.15) is 13.2 Å². The Labute approximate surface area is 67.7 Å². The van der Waals surface area contributed by atoms with Crippen LogP contribution in [0.1, 0.15) is 13.3 Å². The highest BCUT2D eigenvalue weighted by molar-refractivity contribution is 5.83. The van der Waals surface area contributed by atoms with Crippen molar-refractivity contribution in [3.8, 4) is 0 Å². The molecule has 0 saturated heterocycles. The van der Waals surface area contributed by atoms with E-state index < -0.39 is 12.1 Å². The van der Waals surface area contributed by atoms with Gasteiger partial charge in [-0.1, -0.05) is 6.08 Å². The Bertz CT molecular complexity index is 231. The van der Waals surface area contributed by atoms with Gasteiger partial charge >= 0.3 is 12.1 Å². The van der Waals surface area contributed by atoms with Crippen LogP contribution in [0.4, 0.5) is 13.2 Å². The van der Waals surface area contributed by atoms with Crippen LogP contribution in [0.2, 0.25) is 0 Å². The molecule has 0 radical (unpaired) electrons. The number of amides is 1. The Morgan fingerprint density at radius 2 is 2.17 bits per heavy atom. The molecule has 68 valence electrons. The van der Waals surface area contributed by atoms with E-state index in [1.165, 1.54) is 6.92 Å². The predicted molar refractivity (Wildman–Crippen MR) is 36.1 cm³/mol. The fraction of sp³-hybridized carbons (Fsp3) is 0.571. The van der Waals surface area contributed by atoms with Crippen molar-refractivity contribution in [2.24, 2.45) is 0 Å². The largest absolute Gasteiger partial charge is 0.471 e. The first-order valence-corrected chi connectivity index (χ1v) is 3.48. The molecular formula is C7H8F3NO. The van der Waals surface area contributed by atoms with Crippen LogP contribution in [-0.2, 0) is 4.79 Å². The average molecular weight is 179 g/mol. The molecule has 0 aromatic heterocycles. The highest BCUT2D eigenvalue weighted by Gasteiger charge is 2.43. The molecule has 0 N–H and O–H groups in total. The van der Waals surface area contributed by atoms with Crippen molar-refractivity contribution in [2.75, 3.05) is 6.54 Å². The van der Waals surface area contributed by atoms with Crippen LogP contribution in [0.5, 0.6) is 0 Å². The minimum atomic E-state index is -4.75. The third kappa shape index (κ3) is 1.60. The number of nitrogens with zero attached hydrogens (tertiary/aromatic N) is 1. The normalized spacial score (nSPS) is 18.0. The third-order valence-corrected chi connectivity index (χ3v) is 1.71. The van der Waals surface area contributed by atoms with Crippen molar-refractivity contribution >= 4 is 5.91 Å². The smallest absolute Gasteiger partial charge is 0.309 e. The zero-order chi connectivity index (χ0) is 9.35. The molecular weight excluding hydrogens is 171 g/mol. The van der Waals surface area contributed by atoms with E-state index in [2.05, 4.69) is 0 Å². The number of halogens is 3. The van der Waals surface area contributed by atoms with Gasteiger partial charge in [-0.15, -0.1) is 0 Å². The van der Waals surface area contributed by atoms with Crippen molar-refractivity contribution in [1.29, 1.82) is 0 Å². The van der Waals surface area contributed by atoms with E-state index in [4.69, 9.17) is 0 Å². The van der Waals surface area contributed by atoms with Crippen LogP contribution in [0.25, 0.3) is 0 Å². The number of carbonyl (C=O) groups is 1. The van der Waals surface area contributed by atoms with Gasteiger partial charge in [-0.25, -0.2) is 0 Å². The minimum absolute atomic E-state index is 0.143. The van der Waals surface area contributed by atoms with Gasteiger partial charge < -0.3 is 4.90 Å². The van der Waals surface area contributed by atoms with E-state index in [-0.39, 0.29) is 6.54 Å². The van der Waals surface area contributed by atoms with Gasteiger partial charge in [-0.3, -0.25) is 4.79 Å². The molecule has 0 aromatic carbocycles. The highest BCUT2D eigenvalue weighted by atomic mass is 19.4. The Kier molecular flexibility index (Phi) is 2.12. The molecule has 1 aliphatic rings. The Hall–Kier alpha value is -1.00. The Morgan fingerprint density at radius 1 is 1.58 bits per heavy atom. The summed E-state index contributed by atoms with van der Waals surface area (Å²) in [6, 6.07) is 0. The molecule has 0 aliphatic carbocycles. The summed E-state index contributed by atoms with van der Waals surface area (Å²) in [4.78, 5) is 11.4. The molecule has 1 heterocycles. The molecule has 0 spiro atoms. The minimum Gasteiger partial charge on any atom is -0.309 e. The number of allylic oxidation sites excluding steroid dienone is 1. The summed E-state index contributed by atoms with van der Waals surface area (Å²) in [5, 5.41) is 0. The van der Waals surface area contributed by atoms with Crippen molar-refractivity contribution in [1.82, 2.24) is 4.90 Å². The molecule has 2 nitrogen and oxygen atoms in total. The summed E-state index contributed by atoms with van der Waals surface area (Å²) in [6.07, 6.45) is -2.63. The average Bonchev–Trinajstić information content (AvgIpc) is 2.31. The number of carbonyl (C=O) groups excluding carboxylic acids is 1. The standard InChI is InChI=1S/C7H8F3NO/c1-5-3-2-4-11(5)6(12)7(8,9)10/h3H,2,4H2,1H3. The number of rotatable bonds is 0. The van der Waals surface area contributed by atoms with Gasteiger partial charge in [0.1, 0.15) is 0 Å². The Morgan fingerprint density at radius 3 is 2.50 bits per heavy atom. The lowest BCUT2D eigenvalue weighted by atomic mass is 10.4. The van der Waals surface area contributed by atoms with Crippen LogP contribution >= 0.6 is 0 Å². The van der Waals surface area contributed by atoms with Crippen LogP contribution in [-0.4, -0.2) is 23.5 Å². The molecule has 5 heteroatoms. The molecule has 1 aliphatic heterocycles. The first kappa shape index (κ1) is 9.09. The fourth-order valence-electron chi connectivity index (χ4n) is 1.10. The maximum absolute atomic E-state index is 11.9. The lowest BCUT2D eigenvalue weighted by Gasteiger charge is -2.18. The van der Waals surface area contributed by atoms with E-state index >= 15 is 0 Å². The molecule has 0 atom stereocenters. The van der Waals surface area contributed by atoms with Crippen LogP contribution in [0.3, 0.4) is 0 Å². The second kappa shape index (κ2) is 2.80. The number of hydrogen-bond donors (Lipinski definition) is 0. The first-order valence-electron chi connectivity index (χ1n) is 3.48. The summed E-state index contributed by atoms with van der Waals surface area (Å²) >= 11 is 0. The SMILES string of the molecule is CC1=CCCN1C(=O)C(F)(F)F. The fourth-order valence-corrected chi connectivity index (χ4v) is 1.10. The van der Waals surface area contributed by atoms with E-state index in [0.29, 0.717) is 12.1 Å². The Balaban J connectivity index is 2.72. The molecule has 1 rings (SSSR count). The first-order chi connectivity index (χ1) is 5.43. The molecule has 12 heavy (non-hydrogen) atoms. The van der Waals surface area contributed by atoms with E-state index in [9.17, 15) is 18.0 Å². The lowest BCUT2D eigenvalue weighted by molar-refractivity contribution is -0.182. The maximum atomic E-state index is 11.9. The molecule has 1 amide bonds. The zero-order valence-electron chi connectivity index (χ0n) is 6.48. The summed E-state index contributed by atoms with van der Waals surface area (Å²) in [6.45, 7) is 1.64. The second-order valence-corrected chi connectivity index (χ2v) is 2.59. The predicted octanol–water partition coefficient (Wildman–Crippen LogP) is 1.68. The molecule has 0 saturated carbocycles. The van der Waals surface area contributed by atoms with Crippen LogP contribution in [0, 0.1) is 0 Å². The van der Waals surface area contributed by atoms with Gasteiger partial charge in [0.2, 0.25) is 0 Å². The van der Waals surface area contributed by atoms with E-state index in [1.54, 1.807) is 6.08 Å². The van der Waals surface area contributed by atoms with Crippen molar-refractivity contribution in [3.63, 3.8) is 0 Å².